The van der Waals surface area contributed by atoms with Crippen LogP contribution in [0.4, 0.5) is 4.79 Å². The van der Waals surface area contributed by atoms with Crippen molar-refractivity contribution in [3.8, 4) is 0 Å². The molecule has 0 spiro atoms. The number of aliphatic hydroxyl groups is 1. The maximum atomic E-state index is 11.2. The Morgan fingerprint density at radius 2 is 1.94 bits per heavy atom. The first kappa shape index (κ1) is 14.4. The largest absolute Gasteiger partial charge is 0.465 e. The lowest BCUT2D eigenvalue weighted by Gasteiger charge is -2.27. The molecule has 5 heteroatoms. The molecule has 0 unspecified atom stereocenters. The fourth-order valence-corrected chi connectivity index (χ4v) is 1.66. The third-order valence-corrected chi connectivity index (χ3v) is 2.32. The number of carbonyl (C=O) groups is 1. The van der Waals surface area contributed by atoms with E-state index in [1.807, 2.05) is 20.8 Å². The smallest absolute Gasteiger partial charge is 0.407 e. The molecule has 1 rings (SSSR count). The lowest BCUT2D eigenvalue weighted by Crippen LogP contribution is -2.36. The Morgan fingerprint density at radius 1 is 1.33 bits per heavy atom. The van der Waals surface area contributed by atoms with Crippen LogP contribution in [0.2, 0.25) is 0 Å². The van der Waals surface area contributed by atoms with Crippen molar-refractivity contribution in [2.75, 3.05) is 6.54 Å². The van der Waals surface area contributed by atoms with Crippen molar-refractivity contribution in [2.45, 2.75) is 33.9 Å². The highest BCUT2D eigenvalue weighted by atomic mass is 16.4. The SMILES string of the molecule is CC(C)(C)CN(Cc1cccc(CO)n1)C(=O)O. The van der Waals surface area contributed by atoms with Gasteiger partial charge in [-0.2, -0.15) is 0 Å². The van der Waals surface area contributed by atoms with Gasteiger partial charge in [-0.3, -0.25) is 4.98 Å². The van der Waals surface area contributed by atoms with Crippen LogP contribution in [0.1, 0.15) is 32.2 Å². The third kappa shape index (κ3) is 4.71. The zero-order chi connectivity index (χ0) is 13.8. The number of carboxylic acid groups (broad SMARTS) is 1. The normalized spacial score (nSPS) is 11.3. The van der Waals surface area contributed by atoms with Crippen LogP contribution in [-0.2, 0) is 13.2 Å². The Hall–Kier alpha value is -1.62. The maximum absolute atomic E-state index is 11.2. The van der Waals surface area contributed by atoms with E-state index in [1.54, 1.807) is 18.2 Å². The first-order valence-electron chi connectivity index (χ1n) is 5.85. The zero-order valence-electron chi connectivity index (χ0n) is 11.1. The van der Waals surface area contributed by atoms with Gasteiger partial charge in [0.25, 0.3) is 0 Å². The van der Waals surface area contributed by atoms with E-state index in [0.717, 1.165) is 0 Å². The van der Waals surface area contributed by atoms with Crippen LogP contribution >= 0.6 is 0 Å². The molecule has 0 aliphatic carbocycles. The molecule has 5 nitrogen and oxygen atoms in total. The van der Waals surface area contributed by atoms with Gasteiger partial charge in [-0.05, 0) is 17.5 Å². The summed E-state index contributed by atoms with van der Waals surface area (Å²) in [6.45, 7) is 6.50. The summed E-state index contributed by atoms with van der Waals surface area (Å²) in [7, 11) is 0. The highest BCUT2D eigenvalue weighted by Crippen LogP contribution is 2.17. The van der Waals surface area contributed by atoms with Crippen molar-refractivity contribution < 1.29 is 15.0 Å². The van der Waals surface area contributed by atoms with Gasteiger partial charge in [0.2, 0.25) is 0 Å². The molecule has 0 fully saturated rings. The summed E-state index contributed by atoms with van der Waals surface area (Å²) >= 11 is 0. The van der Waals surface area contributed by atoms with Gasteiger partial charge in [0.15, 0.2) is 0 Å². The van der Waals surface area contributed by atoms with E-state index < -0.39 is 6.09 Å². The molecule has 1 aromatic rings. The Balaban J connectivity index is 2.80. The highest BCUT2D eigenvalue weighted by molar-refractivity contribution is 5.65. The van der Waals surface area contributed by atoms with E-state index >= 15 is 0 Å². The number of rotatable bonds is 4. The molecule has 100 valence electrons. The van der Waals surface area contributed by atoms with Crippen molar-refractivity contribution >= 4 is 6.09 Å². The molecular weight excluding hydrogens is 232 g/mol. The molecule has 18 heavy (non-hydrogen) atoms. The Bertz CT molecular complexity index is 413. The summed E-state index contributed by atoms with van der Waals surface area (Å²) < 4.78 is 0. The van der Waals surface area contributed by atoms with Gasteiger partial charge in [0.1, 0.15) is 0 Å². The molecular formula is C13H20N2O3. The second-order valence-electron chi connectivity index (χ2n) is 5.48. The molecule has 0 saturated heterocycles. The predicted octanol–water partition coefficient (Wildman–Crippen LogP) is 2.10. The summed E-state index contributed by atoms with van der Waals surface area (Å²) in [6.07, 6.45) is -0.957. The van der Waals surface area contributed by atoms with Crippen molar-refractivity contribution in [3.63, 3.8) is 0 Å². The number of pyridine rings is 1. The quantitative estimate of drug-likeness (QED) is 0.860. The standard InChI is InChI=1S/C13H20N2O3/c1-13(2,3)9-15(12(17)18)7-10-5-4-6-11(8-16)14-10/h4-6,16H,7-9H2,1-3H3,(H,17,18). The van der Waals surface area contributed by atoms with Crippen molar-refractivity contribution in [3.05, 3.63) is 29.6 Å². The number of aromatic nitrogens is 1. The van der Waals surface area contributed by atoms with E-state index in [9.17, 15) is 9.90 Å². The van der Waals surface area contributed by atoms with Crippen molar-refractivity contribution in [1.82, 2.24) is 9.88 Å². The second-order valence-corrected chi connectivity index (χ2v) is 5.48. The lowest BCUT2D eigenvalue weighted by molar-refractivity contribution is 0.122. The van der Waals surface area contributed by atoms with Crippen LogP contribution in [0, 0.1) is 5.41 Å². The molecule has 0 radical (unpaired) electrons. The third-order valence-electron chi connectivity index (χ3n) is 2.32. The highest BCUT2D eigenvalue weighted by Gasteiger charge is 2.20. The van der Waals surface area contributed by atoms with Gasteiger partial charge in [-0.1, -0.05) is 26.8 Å². The fourth-order valence-electron chi connectivity index (χ4n) is 1.66. The molecule has 0 bridgehead atoms. The molecule has 2 N–H and O–H groups in total. The molecule has 1 heterocycles. The number of hydrogen-bond acceptors (Lipinski definition) is 3. The first-order chi connectivity index (χ1) is 8.31. The average Bonchev–Trinajstić information content (AvgIpc) is 2.26. The van der Waals surface area contributed by atoms with Gasteiger partial charge in [-0.25, -0.2) is 4.79 Å². The van der Waals surface area contributed by atoms with E-state index in [4.69, 9.17) is 5.11 Å². The zero-order valence-corrected chi connectivity index (χ0v) is 11.1. The Labute approximate surface area is 107 Å². The number of aliphatic hydroxyl groups excluding tert-OH is 1. The van der Waals surface area contributed by atoms with Crippen LogP contribution < -0.4 is 0 Å². The molecule has 0 aromatic carbocycles. The number of nitrogens with zero attached hydrogens (tertiary/aromatic N) is 2. The summed E-state index contributed by atoms with van der Waals surface area (Å²) in [5.74, 6) is 0. The predicted molar refractivity (Wildman–Crippen MR) is 68.0 cm³/mol. The number of hydrogen-bond donors (Lipinski definition) is 2. The minimum Gasteiger partial charge on any atom is -0.465 e. The summed E-state index contributed by atoms with van der Waals surface area (Å²) in [6, 6.07) is 5.24. The van der Waals surface area contributed by atoms with Crippen LogP contribution in [-0.4, -0.2) is 32.7 Å². The lowest BCUT2D eigenvalue weighted by atomic mass is 9.96. The minimum atomic E-state index is -0.957. The fraction of sp³-hybridized carbons (Fsp3) is 0.538. The van der Waals surface area contributed by atoms with Gasteiger partial charge in [-0.15, -0.1) is 0 Å². The van der Waals surface area contributed by atoms with E-state index in [-0.39, 0.29) is 18.6 Å². The molecule has 0 saturated carbocycles. The Morgan fingerprint density at radius 3 is 2.44 bits per heavy atom. The molecule has 1 aromatic heterocycles. The van der Waals surface area contributed by atoms with Crippen molar-refractivity contribution in [2.24, 2.45) is 5.41 Å². The molecule has 0 atom stereocenters. The monoisotopic (exact) mass is 252 g/mol. The summed E-state index contributed by atoms with van der Waals surface area (Å²) in [5, 5.41) is 18.2. The van der Waals surface area contributed by atoms with Crippen LogP contribution in [0.3, 0.4) is 0 Å². The summed E-state index contributed by atoms with van der Waals surface area (Å²) in [4.78, 5) is 16.7. The number of amides is 1. The van der Waals surface area contributed by atoms with Crippen LogP contribution in [0.5, 0.6) is 0 Å². The van der Waals surface area contributed by atoms with Crippen LogP contribution in [0.25, 0.3) is 0 Å². The minimum absolute atomic E-state index is 0.104. The molecule has 0 aliphatic rings. The second kappa shape index (κ2) is 5.82. The van der Waals surface area contributed by atoms with Gasteiger partial charge in [0.05, 0.1) is 24.5 Å². The van der Waals surface area contributed by atoms with E-state index in [1.165, 1.54) is 4.90 Å². The van der Waals surface area contributed by atoms with Gasteiger partial charge >= 0.3 is 6.09 Å². The van der Waals surface area contributed by atoms with E-state index in [0.29, 0.717) is 17.9 Å². The van der Waals surface area contributed by atoms with E-state index in [2.05, 4.69) is 4.98 Å². The van der Waals surface area contributed by atoms with Gasteiger partial charge < -0.3 is 15.1 Å². The van der Waals surface area contributed by atoms with Crippen molar-refractivity contribution in [1.29, 1.82) is 0 Å². The molecule has 1 amide bonds. The Kier molecular flexibility index (Phi) is 4.67. The average molecular weight is 252 g/mol. The van der Waals surface area contributed by atoms with Crippen LogP contribution in [0.15, 0.2) is 18.2 Å². The van der Waals surface area contributed by atoms with Gasteiger partial charge in [0, 0.05) is 6.54 Å². The topological polar surface area (TPSA) is 73.7 Å². The first-order valence-corrected chi connectivity index (χ1v) is 5.85. The maximum Gasteiger partial charge on any atom is 0.407 e. The summed E-state index contributed by atoms with van der Waals surface area (Å²) in [5.41, 5.74) is 1.09. The molecule has 0 aliphatic heterocycles.